The molecule has 0 fully saturated rings. The van der Waals surface area contributed by atoms with Gasteiger partial charge in [0.25, 0.3) is 0 Å². The van der Waals surface area contributed by atoms with Crippen LogP contribution in [0.4, 0.5) is 0 Å². The van der Waals surface area contributed by atoms with Crippen molar-refractivity contribution in [3.8, 4) is 0 Å². The molecule has 3 heterocycles. The molecule has 0 radical (unpaired) electrons. The Morgan fingerprint density at radius 3 is 3.00 bits per heavy atom. The molecule has 0 aliphatic carbocycles. The third-order valence-electron chi connectivity index (χ3n) is 1.93. The van der Waals surface area contributed by atoms with Gasteiger partial charge in [0, 0.05) is 12.4 Å². The summed E-state index contributed by atoms with van der Waals surface area (Å²) in [5.74, 6) is 0. The average Bonchev–Trinajstić information content (AvgIpc) is 2.56. The quantitative estimate of drug-likeness (QED) is 0.517. The molecule has 3 aromatic heterocycles. The number of rotatable bonds is 0. The summed E-state index contributed by atoms with van der Waals surface area (Å²) in [5, 5.41) is 1.86. The fourth-order valence-corrected chi connectivity index (χ4v) is 1.35. The molecule has 13 heavy (non-hydrogen) atoms. The van der Waals surface area contributed by atoms with Crippen LogP contribution in [0.1, 0.15) is 0 Å². The van der Waals surface area contributed by atoms with Crippen LogP contribution in [0, 0.1) is 0 Å². The minimum Gasteiger partial charge on any atom is -0.419 e. The Morgan fingerprint density at radius 2 is 2.00 bits per heavy atom. The minimum absolute atomic E-state index is 0.587. The Morgan fingerprint density at radius 1 is 1.08 bits per heavy atom. The molecule has 0 saturated carbocycles. The number of nitrogens with zero attached hydrogens (tertiary/aromatic N) is 3. The number of furan rings is 1. The van der Waals surface area contributed by atoms with Crippen LogP contribution >= 0.6 is 0 Å². The van der Waals surface area contributed by atoms with Gasteiger partial charge in [0.2, 0.25) is 11.4 Å². The molecule has 0 unspecified atom stereocenters. The molecule has 62 valence electrons. The van der Waals surface area contributed by atoms with E-state index in [4.69, 9.17) is 4.42 Å². The van der Waals surface area contributed by atoms with Crippen molar-refractivity contribution >= 4 is 22.2 Å². The first kappa shape index (κ1) is 6.54. The van der Waals surface area contributed by atoms with Gasteiger partial charge in [-0.05, 0) is 12.1 Å². The highest BCUT2D eigenvalue weighted by Crippen LogP contribution is 2.23. The van der Waals surface area contributed by atoms with Crippen LogP contribution < -0.4 is 0 Å². The van der Waals surface area contributed by atoms with Crippen molar-refractivity contribution in [3.05, 3.63) is 30.9 Å². The van der Waals surface area contributed by atoms with Gasteiger partial charge in [0.15, 0.2) is 0 Å². The van der Waals surface area contributed by atoms with E-state index in [1.165, 1.54) is 6.33 Å². The standard InChI is InChI=1S/C9H5N3O/c1-2-6-7-4-10-5-12-9(7)13-8(6)11-3-1/h1-5H. The highest BCUT2D eigenvalue weighted by atomic mass is 16.3. The van der Waals surface area contributed by atoms with E-state index < -0.39 is 0 Å². The molecule has 3 rings (SSSR count). The molecule has 0 aromatic carbocycles. The normalized spacial score (nSPS) is 11.1. The van der Waals surface area contributed by atoms with Crippen LogP contribution in [-0.4, -0.2) is 15.0 Å². The van der Waals surface area contributed by atoms with Crippen LogP contribution in [0.2, 0.25) is 0 Å². The second-order valence-electron chi connectivity index (χ2n) is 2.70. The summed E-state index contributed by atoms with van der Waals surface area (Å²) < 4.78 is 5.39. The zero-order chi connectivity index (χ0) is 8.67. The van der Waals surface area contributed by atoms with E-state index in [0.29, 0.717) is 11.4 Å². The fourth-order valence-electron chi connectivity index (χ4n) is 1.35. The number of hydrogen-bond acceptors (Lipinski definition) is 4. The number of hydrogen-bond donors (Lipinski definition) is 0. The minimum atomic E-state index is 0.587. The second-order valence-corrected chi connectivity index (χ2v) is 2.70. The van der Waals surface area contributed by atoms with Crippen molar-refractivity contribution in [2.45, 2.75) is 0 Å². The van der Waals surface area contributed by atoms with Crippen LogP contribution in [-0.2, 0) is 0 Å². The van der Waals surface area contributed by atoms with Gasteiger partial charge in [0.1, 0.15) is 6.33 Å². The van der Waals surface area contributed by atoms with Crippen LogP contribution in [0.5, 0.6) is 0 Å². The third-order valence-corrected chi connectivity index (χ3v) is 1.93. The van der Waals surface area contributed by atoms with E-state index in [0.717, 1.165) is 10.8 Å². The molecular weight excluding hydrogens is 166 g/mol. The molecule has 0 aliphatic rings. The monoisotopic (exact) mass is 171 g/mol. The third kappa shape index (κ3) is 0.823. The van der Waals surface area contributed by atoms with Gasteiger partial charge >= 0.3 is 0 Å². The zero-order valence-electron chi connectivity index (χ0n) is 6.64. The molecular formula is C9H5N3O. The molecule has 4 heteroatoms. The summed E-state index contributed by atoms with van der Waals surface area (Å²) in [7, 11) is 0. The van der Waals surface area contributed by atoms with Gasteiger partial charge in [-0.2, -0.15) is 0 Å². The van der Waals surface area contributed by atoms with E-state index in [2.05, 4.69) is 15.0 Å². The smallest absolute Gasteiger partial charge is 0.232 e. The van der Waals surface area contributed by atoms with Crippen molar-refractivity contribution in [2.75, 3.05) is 0 Å². The fraction of sp³-hybridized carbons (Fsp3) is 0. The van der Waals surface area contributed by atoms with Crippen LogP contribution in [0.25, 0.3) is 22.2 Å². The Balaban J connectivity index is 2.64. The van der Waals surface area contributed by atoms with Gasteiger partial charge in [-0.3, -0.25) is 0 Å². The van der Waals surface area contributed by atoms with E-state index in [9.17, 15) is 0 Å². The molecule has 0 bridgehead atoms. The molecule has 0 amide bonds. The Bertz CT molecular complexity index is 523. The van der Waals surface area contributed by atoms with Crippen molar-refractivity contribution in [1.29, 1.82) is 0 Å². The van der Waals surface area contributed by atoms with Gasteiger partial charge in [-0.25, -0.2) is 15.0 Å². The topological polar surface area (TPSA) is 51.8 Å². The highest BCUT2D eigenvalue weighted by molar-refractivity contribution is 6.01. The summed E-state index contributed by atoms with van der Waals surface area (Å²) >= 11 is 0. The van der Waals surface area contributed by atoms with Crippen molar-refractivity contribution in [2.24, 2.45) is 0 Å². The zero-order valence-corrected chi connectivity index (χ0v) is 6.64. The number of fused-ring (bicyclic) bond motifs is 3. The summed E-state index contributed by atoms with van der Waals surface area (Å²) in [5.41, 5.74) is 1.20. The lowest BCUT2D eigenvalue weighted by Gasteiger charge is -1.83. The average molecular weight is 171 g/mol. The van der Waals surface area contributed by atoms with Crippen molar-refractivity contribution in [1.82, 2.24) is 15.0 Å². The molecule has 3 aromatic rings. The van der Waals surface area contributed by atoms with Crippen LogP contribution in [0.3, 0.4) is 0 Å². The summed E-state index contributed by atoms with van der Waals surface area (Å²) in [4.78, 5) is 12.0. The first-order valence-electron chi connectivity index (χ1n) is 3.88. The lowest BCUT2D eigenvalue weighted by molar-refractivity contribution is 0.639. The molecule has 0 aliphatic heterocycles. The Kier molecular flexibility index (Phi) is 1.14. The lowest BCUT2D eigenvalue weighted by Crippen LogP contribution is -1.74. The molecule has 4 nitrogen and oxygen atoms in total. The largest absolute Gasteiger partial charge is 0.419 e. The second kappa shape index (κ2) is 2.26. The van der Waals surface area contributed by atoms with E-state index in [1.54, 1.807) is 12.4 Å². The van der Waals surface area contributed by atoms with Gasteiger partial charge in [-0.1, -0.05) is 0 Å². The lowest BCUT2D eigenvalue weighted by atomic mass is 10.3. The first-order valence-corrected chi connectivity index (χ1v) is 3.88. The highest BCUT2D eigenvalue weighted by Gasteiger charge is 2.06. The predicted octanol–water partition coefficient (Wildman–Crippen LogP) is 1.77. The maximum absolute atomic E-state index is 5.39. The molecule has 0 atom stereocenters. The predicted molar refractivity (Wildman–Crippen MR) is 47.1 cm³/mol. The summed E-state index contributed by atoms with van der Waals surface area (Å²) in [6.45, 7) is 0. The van der Waals surface area contributed by atoms with Gasteiger partial charge < -0.3 is 4.42 Å². The SMILES string of the molecule is c1cnc2oc3ncncc3c2c1. The van der Waals surface area contributed by atoms with E-state index in [-0.39, 0.29) is 0 Å². The molecule has 0 spiro atoms. The van der Waals surface area contributed by atoms with E-state index >= 15 is 0 Å². The molecule has 0 N–H and O–H groups in total. The van der Waals surface area contributed by atoms with Gasteiger partial charge in [0.05, 0.1) is 10.8 Å². The maximum Gasteiger partial charge on any atom is 0.232 e. The Labute approximate surface area is 73.2 Å². The van der Waals surface area contributed by atoms with Crippen molar-refractivity contribution in [3.63, 3.8) is 0 Å². The van der Waals surface area contributed by atoms with Crippen molar-refractivity contribution < 1.29 is 4.42 Å². The van der Waals surface area contributed by atoms with E-state index in [1.807, 2.05) is 12.1 Å². The van der Waals surface area contributed by atoms with Gasteiger partial charge in [-0.15, -0.1) is 0 Å². The Hall–Kier alpha value is -1.97. The summed E-state index contributed by atoms with van der Waals surface area (Å²) in [6.07, 6.45) is 4.89. The first-order chi connectivity index (χ1) is 6.45. The van der Waals surface area contributed by atoms with Crippen LogP contribution in [0.15, 0.2) is 35.3 Å². The summed E-state index contributed by atoms with van der Waals surface area (Å²) in [6, 6.07) is 3.81. The maximum atomic E-state index is 5.39. The number of aromatic nitrogens is 3. The molecule has 0 saturated heterocycles. The number of pyridine rings is 1.